The average molecular weight is 710 g/mol. The lowest BCUT2D eigenvalue weighted by atomic mass is 9.65. The van der Waals surface area contributed by atoms with Crippen LogP contribution in [0, 0.1) is 35.0 Å². The van der Waals surface area contributed by atoms with Crippen molar-refractivity contribution in [1.82, 2.24) is 14.8 Å². The number of cyclic esters (lactones) is 1. The molecule has 1 amide bonds. The van der Waals surface area contributed by atoms with Crippen molar-refractivity contribution in [3.63, 3.8) is 0 Å². The first kappa shape index (κ1) is 41.6. The van der Waals surface area contributed by atoms with E-state index in [2.05, 4.69) is 20.2 Å². The SMILES string of the molecule is CC[C@H]1OC(=O)[C@H](C)C(=O)[C@H](C)C(C)(C)C(C)(C)OC/C(=N/OCc2ccc(-n3cccn3)nc2)CC[C@H]([C@@H](C)/C(=N/C(C)=O)C(C)C)[C@]1(C)O. The maximum Gasteiger partial charge on any atom is 0.316 e. The summed E-state index contributed by atoms with van der Waals surface area (Å²) in [5, 5.41) is 21.1. The van der Waals surface area contributed by atoms with Gasteiger partial charge in [-0.3, -0.25) is 14.4 Å². The molecule has 12 nitrogen and oxygen atoms in total. The van der Waals surface area contributed by atoms with E-state index in [9.17, 15) is 19.5 Å². The number of Topliss-reactive ketones (excluding diaryl/α,β-unsaturated/α-hetero) is 1. The predicted molar refractivity (Wildman–Crippen MR) is 196 cm³/mol. The summed E-state index contributed by atoms with van der Waals surface area (Å²) in [7, 11) is 0. The van der Waals surface area contributed by atoms with Crippen LogP contribution >= 0.6 is 0 Å². The second kappa shape index (κ2) is 17.2. The number of aromatic nitrogens is 3. The van der Waals surface area contributed by atoms with E-state index in [4.69, 9.17) is 14.3 Å². The molecule has 282 valence electrons. The number of amides is 1. The van der Waals surface area contributed by atoms with Gasteiger partial charge in [-0.15, -0.1) is 0 Å². The normalized spacial score (nSPS) is 28.1. The average Bonchev–Trinajstić information content (AvgIpc) is 3.61. The molecule has 1 N–H and O–H groups in total. The monoisotopic (exact) mass is 709 g/mol. The van der Waals surface area contributed by atoms with Crippen molar-refractivity contribution in [1.29, 1.82) is 0 Å². The van der Waals surface area contributed by atoms with Crippen LogP contribution in [0.4, 0.5) is 0 Å². The van der Waals surface area contributed by atoms with Crippen LogP contribution < -0.4 is 0 Å². The first-order chi connectivity index (χ1) is 23.7. The fourth-order valence-electron chi connectivity index (χ4n) is 6.81. The van der Waals surface area contributed by atoms with E-state index in [0.29, 0.717) is 36.5 Å². The second-order valence-electron chi connectivity index (χ2n) is 15.5. The zero-order chi connectivity index (χ0) is 38.3. The smallest absolute Gasteiger partial charge is 0.316 e. The van der Waals surface area contributed by atoms with Gasteiger partial charge in [0.25, 0.3) is 0 Å². The highest BCUT2D eigenvalue weighted by molar-refractivity contribution is 6.00. The van der Waals surface area contributed by atoms with Crippen molar-refractivity contribution in [2.45, 2.75) is 126 Å². The minimum absolute atomic E-state index is 0.0887. The number of esters is 1. The summed E-state index contributed by atoms with van der Waals surface area (Å²) in [5.74, 6) is -3.25. The molecule has 0 aliphatic carbocycles. The summed E-state index contributed by atoms with van der Waals surface area (Å²) in [6, 6.07) is 5.57. The number of ether oxygens (including phenoxy) is 2. The quantitative estimate of drug-likeness (QED) is 0.139. The molecule has 0 spiro atoms. The predicted octanol–water partition coefficient (Wildman–Crippen LogP) is 6.57. The number of carbonyl (C=O) groups is 3. The minimum atomic E-state index is -1.57. The number of rotatable bonds is 8. The zero-order valence-corrected chi connectivity index (χ0v) is 32.6. The molecule has 0 unspecified atom stereocenters. The number of aliphatic imine (C=N–C) groups is 1. The Bertz CT molecular complexity index is 1540. The van der Waals surface area contributed by atoms with E-state index in [1.54, 1.807) is 30.9 Å². The van der Waals surface area contributed by atoms with Crippen LogP contribution in [0.3, 0.4) is 0 Å². The number of ketones is 1. The molecule has 1 saturated heterocycles. The number of hydrogen-bond acceptors (Lipinski definition) is 10. The Kier molecular flexibility index (Phi) is 14.0. The summed E-state index contributed by atoms with van der Waals surface area (Å²) in [5.41, 5.74) is -1.06. The van der Waals surface area contributed by atoms with Crippen LogP contribution in [0.25, 0.3) is 5.82 Å². The van der Waals surface area contributed by atoms with E-state index in [0.717, 1.165) is 5.56 Å². The molecule has 6 atom stereocenters. The molecule has 2 aromatic heterocycles. The first-order valence-corrected chi connectivity index (χ1v) is 18.1. The molecule has 51 heavy (non-hydrogen) atoms. The van der Waals surface area contributed by atoms with Crippen molar-refractivity contribution >= 4 is 29.1 Å². The van der Waals surface area contributed by atoms with E-state index in [1.807, 2.05) is 86.7 Å². The highest BCUT2D eigenvalue weighted by Crippen LogP contribution is 2.43. The van der Waals surface area contributed by atoms with Gasteiger partial charge in [0.05, 0.1) is 17.9 Å². The molecule has 0 aromatic carbocycles. The number of carbonyl (C=O) groups excluding carboxylic acids is 3. The van der Waals surface area contributed by atoms with E-state index in [-0.39, 0.29) is 36.7 Å². The lowest BCUT2D eigenvalue weighted by Crippen LogP contribution is -2.53. The molecular weight excluding hydrogens is 650 g/mol. The molecule has 2 aromatic rings. The van der Waals surface area contributed by atoms with Gasteiger partial charge in [0, 0.05) is 54.0 Å². The lowest BCUT2D eigenvalue weighted by molar-refractivity contribution is -0.179. The highest BCUT2D eigenvalue weighted by Gasteiger charge is 2.49. The topological polar surface area (TPSA) is 155 Å². The molecule has 12 heteroatoms. The summed E-state index contributed by atoms with van der Waals surface area (Å²) in [4.78, 5) is 54.3. The third-order valence-electron chi connectivity index (χ3n) is 11.1. The number of aliphatic hydroxyl groups is 1. The minimum Gasteiger partial charge on any atom is -0.459 e. The fraction of sp³-hybridized carbons (Fsp3) is 0.667. The molecule has 0 bridgehead atoms. The molecule has 1 fully saturated rings. The van der Waals surface area contributed by atoms with E-state index >= 15 is 0 Å². The molecule has 3 rings (SSSR count). The third-order valence-corrected chi connectivity index (χ3v) is 11.1. The van der Waals surface area contributed by atoms with Gasteiger partial charge in [0.1, 0.15) is 30.0 Å². The number of nitrogens with zero attached hydrogens (tertiary/aromatic N) is 5. The number of oxime groups is 1. The van der Waals surface area contributed by atoms with Gasteiger partial charge in [-0.2, -0.15) is 5.10 Å². The Morgan fingerprint density at radius 1 is 1.14 bits per heavy atom. The van der Waals surface area contributed by atoms with Crippen LogP contribution in [0.15, 0.2) is 46.9 Å². The Morgan fingerprint density at radius 3 is 2.37 bits per heavy atom. The third kappa shape index (κ3) is 9.97. The van der Waals surface area contributed by atoms with Crippen LogP contribution in [-0.4, -0.2) is 72.9 Å². The Labute approximate surface area is 303 Å². The van der Waals surface area contributed by atoms with Crippen LogP contribution in [0.5, 0.6) is 0 Å². The standard InChI is InChI=1S/C39H59N5O7/c1-13-32-39(12,48)31(25(4)34(24(2)3)42-28(7)45)17-16-30(43-50-22-29-15-18-33(40-21-29)44-20-14-19-41-44)23-49-38(10,11)37(8,9)27(6)35(46)26(5)36(47)51-32/h14-15,18-21,24-27,31-32,48H,13,16-17,22-23H2,1-12H3/b42-34+,43-30+/t25-,26-,27+,31-,32-,39+/m1/s1. The summed E-state index contributed by atoms with van der Waals surface area (Å²) in [6.07, 6.45) is 5.31. The number of hydrogen-bond donors (Lipinski definition) is 1. The van der Waals surface area contributed by atoms with Crippen LogP contribution in [0.1, 0.15) is 108 Å². The van der Waals surface area contributed by atoms with Gasteiger partial charge in [-0.05, 0) is 70.9 Å². The van der Waals surface area contributed by atoms with Crippen molar-refractivity contribution in [3.05, 3.63) is 42.4 Å². The fourth-order valence-corrected chi connectivity index (χ4v) is 6.81. The summed E-state index contributed by atoms with van der Waals surface area (Å²) in [6.45, 7) is 22.1. The summed E-state index contributed by atoms with van der Waals surface area (Å²) < 4.78 is 14.2. The Morgan fingerprint density at radius 2 is 1.82 bits per heavy atom. The van der Waals surface area contributed by atoms with E-state index < -0.39 is 46.4 Å². The second-order valence-corrected chi connectivity index (χ2v) is 15.5. The lowest BCUT2D eigenvalue weighted by Gasteiger charge is -2.45. The Balaban J connectivity index is 2.07. The molecule has 0 radical (unpaired) electrons. The molecule has 0 saturated carbocycles. The van der Waals surface area contributed by atoms with Gasteiger partial charge in [-0.1, -0.05) is 59.7 Å². The largest absolute Gasteiger partial charge is 0.459 e. The van der Waals surface area contributed by atoms with Gasteiger partial charge < -0.3 is 19.4 Å². The molecular formula is C39H59N5O7. The van der Waals surface area contributed by atoms with Gasteiger partial charge >= 0.3 is 5.97 Å². The van der Waals surface area contributed by atoms with Crippen LogP contribution in [0.2, 0.25) is 0 Å². The Hall–Kier alpha value is -3.77. The molecule has 3 heterocycles. The highest BCUT2D eigenvalue weighted by atomic mass is 16.6. The van der Waals surface area contributed by atoms with Crippen LogP contribution in [-0.2, 0) is 35.3 Å². The van der Waals surface area contributed by atoms with Crippen molar-refractivity contribution in [2.75, 3.05) is 6.61 Å². The van der Waals surface area contributed by atoms with E-state index in [1.165, 1.54) is 6.92 Å². The van der Waals surface area contributed by atoms with Gasteiger partial charge in [-0.25, -0.2) is 14.7 Å². The maximum absolute atomic E-state index is 13.8. The van der Waals surface area contributed by atoms with Crippen molar-refractivity contribution in [2.24, 2.45) is 45.2 Å². The molecule has 1 aliphatic heterocycles. The summed E-state index contributed by atoms with van der Waals surface area (Å²) >= 11 is 0. The van der Waals surface area contributed by atoms with Gasteiger partial charge in [0.15, 0.2) is 5.82 Å². The van der Waals surface area contributed by atoms with Gasteiger partial charge in [0.2, 0.25) is 5.91 Å². The van der Waals surface area contributed by atoms with Crippen molar-refractivity contribution in [3.8, 4) is 5.82 Å². The maximum atomic E-state index is 13.8. The van der Waals surface area contributed by atoms with Crippen molar-refractivity contribution < 1.29 is 33.8 Å². The first-order valence-electron chi connectivity index (χ1n) is 18.1. The molecule has 1 aliphatic rings. The zero-order valence-electron chi connectivity index (χ0n) is 32.6. The number of pyridine rings is 1.